The Morgan fingerprint density at radius 2 is 1.62 bits per heavy atom. The van der Waals surface area contributed by atoms with Gasteiger partial charge in [-0.25, -0.2) is 0 Å². The molecule has 0 bridgehead atoms. The molecule has 3 nitrogen and oxygen atoms in total. The van der Waals surface area contributed by atoms with Crippen LogP contribution in [0.15, 0.2) is 18.2 Å². The van der Waals surface area contributed by atoms with Gasteiger partial charge >= 0.3 is 7.12 Å². The number of anilines is 1. The number of hydrogen-bond acceptors (Lipinski definition) is 3. The Morgan fingerprint density at radius 1 is 1.00 bits per heavy atom. The molecule has 0 amide bonds. The summed E-state index contributed by atoms with van der Waals surface area (Å²) in [4.78, 5) is 0. The second-order valence-corrected chi connectivity index (χ2v) is 7.97. The lowest BCUT2D eigenvalue weighted by atomic mass is 9.72. The fourth-order valence-electron chi connectivity index (χ4n) is 3.06. The van der Waals surface area contributed by atoms with Crippen molar-refractivity contribution in [1.82, 2.24) is 0 Å². The van der Waals surface area contributed by atoms with Gasteiger partial charge in [-0.2, -0.15) is 0 Å². The van der Waals surface area contributed by atoms with E-state index in [-0.39, 0.29) is 23.9 Å². The topological polar surface area (TPSA) is 30.5 Å². The van der Waals surface area contributed by atoms with E-state index in [2.05, 4.69) is 65.1 Å². The summed E-state index contributed by atoms with van der Waals surface area (Å²) in [5.41, 5.74) is 3.31. The molecule has 0 aliphatic carbocycles. The van der Waals surface area contributed by atoms with Gasteiger partial charge in [-0.3, -0.25) is 0 Å². The lowest BCUT2D eigenvalue weighted by molar-refractivity contribution is 0.00578. The maximum atomic E-state index is 6.22. The second kappa shape index (κ2) is 4.50. The van der Waals surface area contributed by atoms with Gasteiger partial charge < -0.3 is 14.6 Å². The van der Waals surface area contributed by atoms with Crippen molar-refractivity contribution in [3.8, 4) is 0 Å². The predicted octanol–water partition coefficient (Wildman–Crippen LogP) is 3.12. The molecule has 1 aromatic carbocycles. The van der Waals surface area contributed by atoms with Crippen LogP contribution >= 0.6 is 0 Å². The molecule has 1 N–H and O–H groups in total. The SMILES string of the molecule is CC1(C)CCc2c(cccc2B2OC(C)(C)C(C)(C)O2)N1. The van der Waals surface area contributed by atoms with Crippen LogP contribution in [0.25, 0.3) is 0 Å². The quantitative estimate of drug-likeness (QED) is 0.805. The van der Waals surface area contributed by atoms with Gasteiger partial charge in [0.1, 0.15) is 0 Å². The maximum Gasteiger partial charge on any atom is 0.495 e. The summed E-state index contributed by atoms with van der Waals surface area (Å²) in [6.07, 6.45) is 2.19. The van der Waals surface area contributed by atoms with Crippen LogP contribution in [0.2, 0.25) is 0 Å². The van der Waals surface area contributed by atoms with Gasteiger partial charge in [-0.1, -0.05) is 12.1 Å². The Hall–Kier alpha value is -0.995. The molecule has 2 aliphatic rings. The van der Waals surface area contributed by atoms with Crippen molar-refractivity contribution in [2.75, 3.05) is 5.32 Å². The van der Waals surface area contributed by atoms with Gasteiger partial charge in [0.05, 0.1) is 11.2 Å². The van der Waals surface area contributed by atoms with E-state index in [1.165, 1.54) is 16.7 Å². The maximum absolute atomic E-state index is 6.22. The molecule has 0 spiro atoms. The Morgan fingerprint density at radius 3 is 2.24 bits per heavy atom. The van der Waals surface area contributed by atoms with Gasteiger partial charge in [0, 0.05) is 11.2 Å². The first-order chi connectivity index (χ1) is 9.61. The van der Waals surface area contributed by atoms with Crippen LogP contribution in [0.1, 0.15) is 53.5 Å². The van der Waals surface area contributed by atoms with E-state index < -0.39 is 0 Å². The third-order valence-corrected chi connectivity index (χ3v) is 5.19. The number of rotatable bonds is 1. The summed E-state index contributed by atoms with van der Waals surface area (Å²) in [7, 11) is -0.270. The van der Waals surface area contributed by atoms with Crippen LogP contribution in [-0.2, 0) is 15.7 Å². The van der Waals surface area contributed by atoms with Crippen molar-refractivity contribution < 1.29 is 9.31 Å². The van der Waals surface area contributed by atoms with Crippen molar-refractivity contribution in [2.24, 2.45) is 0 Å². The van der Waals surface area contributed by atoms with Crippen LogP contribution < -0.4 is 10.8 Å². The third-order valence-electron chi connectivity index (χ3n) is 5.19. The molecule has 1 saturated heterocycles. The van der Waals surface area contributed by atoms with E-state index in [1.807, 2.05) is 0 Å². The highest BCUT2D eigenvalue weighted by atomic mass is 16.7. The number of benzene rings is 1. The summed E-state index contributed by atoms with van der Waals surface area (Å²) in [5, 5.41) is 3.63. The first-order valence-electron chi connectivity index (χ1n) is 7.87. The summed E-state index contributed by atoms with van der Waals surface area (Å²) >= 11 is 0. The molecule has 2 heterocycles. The van der Waals surface area contributed by atoms with E-state index >= 15 is 0 Å². The van der Waals surface area contributed by atoms with Crippen LogP contribution in [0.3, 0.4) is 0 Å². The molecule has 1 fully saturated rings. The molecule has 2 aliphatic heterocycles. The van der Waals surface area contributed by atoms with Crippen molar-refractivity contribution in [1.29, 1.82) is 0 Å². The number of hydrogen-bond donors (Lipinski definition) is 1. The standard InChI is InChI=1S/C17H26BNO2/c1-15(2)11-10-12-13(8-7-9-14(12)19-15)18-20-16(3,4)17(5,6)21-18/h7-9,19H,10-11H2,1-6H3. The van der Waals surface area contributed by atoms with Gasteiger partial charge in [0.15, 0.2) is 0 Å². The molecule has 0 aromatic heterocycles. The molecule has 0 unspecified atom stereocenters. The summed E-state index contributed by atoms with van der Waals surface area (Å²) in [5.74, 6) is 0. The zero-order chi connectivity index (χ0) is 15.5. The highest BCUT2D eigenvalue weighted by Gasteiger charge is 2.52. The Kier molecular flexibility index (Phi) is 3.20. The number of fused-ring (bicyclic) bond motifs is 1. The molecule has 1 aromatic rings. The minimum atomic E-state index is -0.290. The van der Waals surface area contributed by atoms with E-state index in [4.69, 9.17) is 9.31 Å². The highest BCUT2D eigenvalue weighted by molar-refractivity contribution is 6.62. The van der Waals surface area contributed by atoms with Gasteiger partial charge in [-0.15, -0.1) is 0 Å². The predicted molar refractivity (Wildman–Crippen MR) is 88.2 cm³/mol. The number of nitrogens with one attached hydrogen (secondary N) is 1. The summed E-state index contributed by atoms with van der Waals surface area (Å²) in [6, 6.07) is 6.39. The van der Waals surface area contributed by atoms with Crippen molar-refractivity contribution in [3.63, 3.8) is 0 Å². The molecule has 3 rings (SSSR count). The Balaban J connectivity index is 1.96. The average Bonchev–Trinajstić information content (AvgIpc) is 2.56. The molecular formula is C17H26BNO2. The largest absolute Gasteiger partial charge is 0.495 e. The minimum absolute atomic E-state index is 0.154. The van der Waals surface area contributed by atoms with Crippen molar-refractivity contribution >= 4 is 18.3 Å². The normalized spacial score (nSPS) is 25.3. The van der Waals surface area contributed by atoms with E-state index in [0.717, 1.165) is 12.8 Å². The molecule has 0 radical (unpaired) electrons. The smallest absolute Gasteiger partial charge is 0.399 e. The van der Waals surface area contributed by atoms with Crippen LogP contribution in [0.4, 0.5) is 5.69 Å². The van der Waals surface area contributed by atoms with Crippen molar-refractivity contribution in [3.05, 3.63) is 23.8 Å². The molecule has 21 heavy (non-hydrogen) atoms. The fraction of sp³-hybridized carbons (Fsp3) is 0.647. The van der Waals surface area contributed by atoms with E-state index in [1.54, 1.807) is 0 Å². The Bertz CT molecular complexity index is 550. The third kappa shape index (κ3) is 2.49. The van der Waals surface area contributed by atoms with Gasteiger partial charge in [-0.05, 0) is 71.5 Å². The lowest BCUT2D eigenvalue weighted by Gasteiger charge is -2.35. The average molecular weight is 287 g/mol. The second-order valence-electron chi connectivity index (χ2n) is 7.97. The van der Waals surface area contributed by atoms with Crippen LogP contribution in [-0.4, -0.2) is 23.9 Å². The zero-order valence-corrected chi connectivity index (χ0v) is 14.0. The van der Waals surface area contributed by atoms with E-state index in [9.17, 15) is 0 Å². The van der Waals surface area contributed by atoms with Crippen molar-refractivity contribution in [2.45, 2.75) is 71.1 Å². The highest BCUT2D eigenvalue weighted by Crippen LogP contribution is 2.38. The molecule has 114 valence electrons. The summed E-state index contributed by atoms with van der Waals surface area (Å²) < 4.78 is 12.4. The fourth-order valence-corrected chi connectivity index (χ4v) is 3.06. The first kappa shape index (κ1) is 14.9. The summed E-state index contributed by atoms with van der Waals surface area (Å²) in [6.45, 7) is 12.9. The molecule has 0 atom stereocenters. The van der Waals surface area contributed by atoms with Gasteiger partial charge in [0.2, 0.25) is 0 Å². The monoisotopic (exact) mass is 287 g/mol. The first-order valence-corrected chi connectivity index (χ1v) is 7.87. The minimum Gasteiger partial charge on any atom is -0.399 e. The zero-order valence-electron chi connectivity index (χ0n) is 14.0. The van der Waals surface area contributed by atoms with Crippen LogP contribution in [0.5, 0.6) is 0 Å². The lowest BCUT2D eigenvalue weighted by Crippen LogP contribution is -2.42. The molecule has 0 saturated carbocycles. The van der Waals surface area contributed by atoms with Crippen LogP contribution in [0, 0.1) is 0 Å². The van der Waals surface area contributed by atoms with E-state index in [0.29, 0.717) is 0 Å². The molecule has 4 heteroatoms. The molecular weight excluding hydrogens is 261 g/mol. The van der Waals surface area contributed by atoms with Gasteiger partial charge in [0.25, 0.3) is 0 Å². The Labute approximate surface area is 128 Å².